The Kier molecular flexibility index (Phi) is 7.61. The zero-order chi connectivity index (χ0) is 23.4. The molecular weight excluding hydrogens is 418 g/mol. The van der Waals surface area contributed by atoms with Crippen molar-refractivity contribution in [1.29, 1.82) is 0 Å². The number of anilines is 2. The minimum atomic E-state index is -3.89. The van der Waals surface area contributed by atoms with Gasteiger partial charge in [0.25, 0.3) is 0 Å². The molecule has 1 aromatic heterocycles. The SMILES string of the molecule is CCCN(CC(=O)Nc1cc(C(C)(C)C)nn1C)S(=O)(=O)c1ccc(NC(C)=O)cc1. The molecule has 0 unspecified atom stereocenters. The summed E-state index contributed by atoms with van der Waals surface area (Å²) < 4.78 is 28.9. The fraction of sp³-hybridized carbons (Fsp3) is 0.476. The van der Waals surface area contributed by atoms with Crippen LogP contribution in [0.3, 0.4) is 0 Å². The molecule has 0 saturated carbocycles. The first-order chi connectivity index (χ1) is 14.3. The number of nitrogens with zero attached hydrogens (tertiary/aromatic N) is 3. The molecular formula is C21H31N5O4S. The highest BCUT2D eigenvalue weighted by Gasteiger charge is 2.27. The van der Waals surface area contributed by atoms with Crippen LogP contribution in [0, 0.1) is 0 Å². The van der Waals surface area contributed by atoms with Crippen LogP contribution in [-0.4, -0.2) is 47.4 Å². The Bertz CT molecular complexity index is 1040. The lowest BCUT2D eigenvalue weighted by Gasteiger charge is -2.21. The molecule has 1 heterocycles. The Morgan fingerprint density at radius 1 is 1.13 bits per heavy atom. The third-order valence-corrected chi connectivity index (χ3v) is 6.38. The fourth-order valence-electron chi connectivity index (χ4n) is 2.89. The van der Waals surface area contributed by atoms with Crippen LogP contribution in [-0.2, 0) is 32.1 Å². The third kappa shape index (κ3) is 6.38. The number of carbonyl (C=O) groups excluding carboxylic acids is 2. The smallest absolute Gasteiger partial charge is 0.243 e. The second-order valence-corrected chi connectivity index (χ2v) is 10.3. The van der Waals surface area contributed by atoms with E-state index in [0.717, 1.165) is 10.00 Å². The van der Waals surface area contributed by atoms with Crippen molar-refractivity contribution in [3.05, 3.63) is 36.0 Å². The van der Waals surface area contributed by atoms with Gasteiger partial charge in [-0.3, -0.25) is 14.3 Å². The van der Waals surface area contributed by atoms with Crippen LogP contribution in [0.2, 0.25) is 0 Å². The molecule has 0 aliphatic rings. The van der Waals surface area contributed by atoms with Gasteiger partial charge in [0.15, 0.2) is 0 Å². The Morgan fingerprint density at radius 3 is 2.23 bits per heavy atom. The van der Waals surface area contributed by atoms with E-state index in [1.165, 1.54) is 31.2 Å². The van der Waals surface area contributed by atoms with Gasteiger partial charge < -0.3 is 10.6 Å². The molecule has 0 atom stereocenters. The van der Waals surface area contributed by atoms with E-state index in [4.69, 9.17) is 0 Å². The molecule has 0 saturated heterocycles. The zero-order valence-corrected chi connectivity index (χ0v) is 19.7. The van der Waals surface area contributed by atoms with E-state index in [9.17, 15) is 18.0 Å². The second kappa shape index (κ2) is 9.61. The number of benzene rings is 1. The molecule has 9 nitrogen and oxygen atoms in total. The van der Waals surface area contributed by atoms with Crippen LogP contribution in [0.25, 0.3) is 0 Å². The van der Waals surface area contributed by atoms with Crippen molar-refractivity contribution in [2.75, 3.05) is 23.7 Å². The molecule has 2 N–H and O–H groups in total. The Hall–Kier alpha value is -2.72. The van der Waals surface area contributed by atoms with Gasteiger partial charge in [0.05, 0.1) is 17.1 Å². The summed E-state index contributed by atoms with van der Waals surface area (Å²) in [5.74, 6) is -0.191. The summed E-state index contributed by atoms with van der Waals surface area (Å²) in [7, 11) is -2.16. The van der Waals surface area contributed by atoms with Gasteiger partial charge in [0.2, 0.25) is 21.8 Å². The molecule has 0 aliphatic heterocycles. The van der Waals surface area contributed by atoms with Crippen molar-refractivity contribution in [1.82, 2.24) is 14.1 Å². The summed E-state index contributed by atoms with van der Waals surface area (Å²) in [4.78, 5) is 23.9. The predicted molar refractivity (Wildman–Crippen MR) is 120 cm³/mol. The van der Waals surface area contributed by atoms with Crippen LogP contribution in [0.15, 0.2) is 35.2 Å². The van der Waals surface area contributed by atoms with E-state index < -0.39 is 15.9 Å². The van der Waals surface area contributed by atoms with Crippen molar-refractivity contribution >= 4 is 33.3 Å². The Morgan fingerprint density at radius 2 is 1.74 bits per heavy atom. The lowest BCUT2D eigenvalue weighted by atomic mass is 9.92. The zero-order valence-electron chi connectivity index (χ0n) is 18.9. The normalized spacial score (nSPS) is 12.1. The third-order valence-electron chi connectivity index (χ3n) is 4.52. The molecule has 2 rings (SSSR count). The van der Waals surface area contributed by atoms with Crippen molar-refractivity contribution < 1.29 is 18.0 Å². The van der Waals surface area contributed by atoms with Gasteiger partial charge >= 0.3 is 0 Å². The van der Waals surface area contributed by atoms with Crippen LogP contribution >= 0.6 is 0 Å². The summed E-state index contributed by atoms with van der Waals surface area (Å²) >= 11 is 0. The van der Waals surface area contributed by atoms with Gasteiger partial charge in [-0.15, -0.1) is 0 Å². The molecule has 0 spiro atoms. The lowest BCUT2D eigenvalue weighted by molar-refractivity contribution is -0.116. The minimum absolute atomic E-state index is 0.0541. The van der Waals surface area contributed by atoms with E-state index in [0.29, 0.717) is 17.9 Å². The van der Waals surface area contributed by atoms with Crippen LogP contribution in [0.5, 0.6) is 0 Å². The quantitative estimate of drug-likeness (QED) is 0.643. The van der Waals surface area contributed by atoms with Crippen LogP contribution in [0.1, 0.15) is 46.7 Å². The number of aromatic nitrogens is 2. The van der Waals surface area contributed by atoms with Crippen molar-refractivity contribution in [3.63, 3.8) is 0 Å². The number of sulfonamides is 1. The van der Waals surface area contributed by atoms with E-state index in [1.54, 1.807) is 17.8 Å². The van der Waals surface area contributed by atoms with Crippen molar-refractivity contribution in [3.8, 4) is 0 Å². The van der Waals surface area contributed by atoms with Gasteiger partial charge in [-0.2, -0.15) is 9.40 Å². The number of carbonyl (C=O) groups is 2. The molecule has 0 fully saturated rings. The number of nitrogens with one attached hydrogen (secondary N) is 2. The monoisotopic (exact) mass is 449 g/mol. The molecule has 2 aromatic rings. The number of hydrogen-bond donors (Lipinski definition) is 2. The van der Waals surface area contributed by atoms with Crippen LogP contribution < -0.4 is 10.6 Å². The fourth-order valence-corrected chi connectivity index (χ4v) is 4.38. The Labute approximate surface area is 183 Å². The predicted octanol–water partition coefficient (Wildman–Crippen LogP) is 2.72. The molecule has 1 aromatic carbocycles. The van der Waals surface area contributed by atoms with Gasteiger partial charge in [-0.1, -0.05) is 27.7 Å². The number of rotatable bonds is 8. The highest BCUT2D eigenvalue weighted by atomic mass is 32.2. The van der Waals surface area contributed by atoms with E-state index in [-0.39, 0.29) is 29.3 Å². The summed E-state index contributed by atoms with van der Waals surface area (Å²) in [6.45, 7) is 9.16. The summed E-state index contributed by atoms with van der Waals surface area (Å²) in [5, 5.41) is 9.76. The maximum absolute atomic E-state index is 13.1. The highest BCUT2D eigenvalue weighted by molar-refractivity contribution is 7.89. The second-order valence-electron chi connectivity index (χ2n) is 8.38. The Balaban J connectivity index is 2.18. The topological polar surface area (TPSA) is 113 Å². The highest BCUT2D eigenvalue weighted by Crippen LogP contribution is 2.24. The van der Waals surface area contributed by atoms with Crippen LogP contribution in [0.4, 0.5) is 11.5 Å². The molecule has 31 heavy (non-hydrogen) atoms. The first-order valence-corrected chi connectivity index (χ1v) is 11.5. The molecule has 2 amide bonds. The minimum Gasteiger partial charge on any atom is -0.326 e. The lowest BCUT2D eigenvalue weighted by Crippen LogP contribution is -2.38. The first kappa shape index (κ1) is 24.5. The van der Waals surface area contributed by atoms with Gasteiger partial charge in [-0.05, 0) is 30.7 Å². The first-order valence-electron chi connectivity index (χ1n) is 10.1. The molecule has 0 aliphatic carbocycles. The van der Waals surface area contributed by atoms with Gasteiger partial charge in [0, 0.05) is 37.7 Å². The number of hydrogen-bond acceptors (Lipinski definition) is 5. The van der Waals surface area contributed by atoms with E-state index >= 15 is 0 Å². The summed E-state index contributed by atoms with van der Waals surface area (Å²) in [5.41, 5.74) is 1.14. The van der Waals surface area contributed by atoms with Gasteiger partial charge in [0.1, 0.15) is 5.82 Å². The maximum Gasteiger partial charge on any atom is 0.243 e. The molecule has 0 radical (unpaired) electrons. The summed E-state index contributed by atoms with van der Waals surface area (Å²) in [6.07, 6.45) is 0.552. The van der Waals surface area contributed by atoms with E-state index in [2.05, 4.69) is 15.7 Å². The average molecular weight is 450 g/mol. The van der Waals surface area contributed by atoms with Crippen molar-refractivity contribution in [2.45, 2.75) is 51.3 Å². The van der Waals surface area contributed by atoms with E-state index in [1.807, 2.05) is 27.7 Å². The van der Waals surface area contributed by atoms with Gasteiger partial charge in [-0.25, -0.2) is 8.42 Å². The average Bonchev–Trinajstić information content (AvgIpc) is 3.02. The maximum atomic E-state index is 13.1. The number of aryl methyl sites for hydroxylation is 1. The molecule has 0 bridgehead atoms. The standard InChI is InChI=1S/C21H31N5O4S/c1-7-12-26(31(29,30)17-10-8-16(9-11-17)22-15(2)27)14-20(28)23-19-13-18(21(3,4)5)24-25(19)6/h8-11,13H,7,12,14H2,1-6H3,(H,22,27)(H,23,28). The molecule has 10 heteroatoms. The number of amides is 2. The molecule has 170 valence electrons. The van der Waals surface area contributed by atoms with Crippen molar-refractivity contribution in [2.24, 2.45) is 7.05 Å². The largest absolute Gasteiger partial charge is 0.326 e. The summed E-state index contributed by atoms with van der Waals surface area (Å²) in [6, 6.07) is 7.65.